The zero-order chi connectivity index (χ0) is 9.14. The summed E-state index contributed by atoms with van der Waals surface area (Å²) < 4.78 is 12.2. The van der Waals surface area contributed by atoms with Gasteiger partial charge < -0.3 is 10.6 Å². The van der Waals surface area contributed by atoms with Gasteiger partial charge in [0.05, 0.1) is 12.7 Å². The first-order chi connectivity index (χ1) is 5.65. The summed E-state index contributed by atoms with van der Waals surface area (Å²) >= 11 is 0. The lowest BCUT2D eigenvalue weighted by Gasteiger charge is -2.17. The van der Waals surface area contributed by atoms with Gasteiger partial charge in [-0.3, -0.25) is 9.18 Å². The average molecular weight is 174 g/mol. The van der Waals surface area contributed by atoms with Gasteiger partial charge in [-0.15, -0.1) is 0 Å². The lowest BCUT2D eigenvalue weighted by atomic mass is 10.1. The molecule has 0 radical (unpaired) electrons. The number of alkyl halides is 1. The number of nitrogens with two attached hydrogens (primary N) is 1. The molecule has 4 heteroatoms. The number of rotatable bonds is 2. The molecule has 0 aliphatic carbocycles. The molecule has 70 valence electrons. The van der Waals surface area contributed by atoms with Crippen LogP contribution in [-0.4, -0.2) is 36.6 Å². The first kappa shape index (κ1) is 9.45. The Morgan fingerprint density at radius 3 is 2.92 bits per heavy atom. The number of hydrogen-bond donors (Lipinski definition) is 1. The Bertz CT molecular complexity index is 172. The fraction of sp³-hybridized carbons (Fsp3) is 0.875. The Kier molecular flexibility index (Phi) is 3.03. The number of amides is 1. The van der Waals surface area contributed by atoms with E-state index in [-0.39, 0.29) is 18.5 Å². The van der Waals surface area contributed by atoms with E-state index in [1.54, 1.807) is 11.8 Å². The van der Waals surface area contributed by atoms with Crippen LogP contribution in [0.3, 0.4) is 0 Å². The third-order valence-electron chi connectivity index (χ3n) is 2.21. The highest BCUT2D eigenvalue weighted by Gasteiger charge is 2.27. The zero-order valence-electron chi connectivity index (χ0n) is 7.29. The van der Waals surface area contributed by atoms with Crippen LogP contribution < -0.4 is 5.73 Å². The minimum atomic E-state index is -0.455. The second-order valence-electron chi connectivity index (χ2n) is 3.38. The second kappa shape index (κ2) is 3.85. The van der Waals surface area contributed by atoms with E-state index in [4.69, 9.17) is 5.73 Å². The van der Waals surface area contributed by atoms with Gasteiger partial charge in [-0.25, -0.2) is 0 Å². The summed E-state index contributed by atoms with van der Waals surface area (Å²) in [6.45, 7) is 2.53. The molecule has 1 fully saturated rings. The predicted octanol–water partition coefficient (Wildman–Crippen LogP) is 0.152. The largest absolute Gasteiger partial charge is 0.341 e. The summed E-state index contributed by atoms with van der Waals surface area (Å²) in [5.41, 5.74) is 5.42. The normalized spacial score (nSPS) is 25.9. The summed E-state index contributed by atoms with van der Waals surface area (Å²) in [5, 5.41) is 0. The zero-order valence-corrected chi connectivity index (χ0v) is 7.29. The van der Waals surface area contributed by atoms with Gasteiger partial charge in [-0.2, -0.15) is 0 Å². The van der Waals surface area contributed by atoms with Crippen molar-refractivity contribution in [2.24, 2.45) is 11.7 Å². The fourth-order valence-electron chi connectivity index (χ4n) is 1.45. The van der Waals surface area contributed by atoms with E-state index in [0.717, 1.165) is 6.42 Å². The fourth-order valence-corrected chi connectivity index (χ4v) is 1.45. The molecule has 3 nitrogen and oxygen atoms in total. The quantitative estimate of drug-likeness (QED) is 0.647. The lowest BCUT2D eigenvalue weighted by Crippen LogP contribution is -2.40. The third-order valence-corrected chi connectivity index (χ3v) is 2.21. The standard InChI is InChI=1S/C8H15FN2O/c1-6(10)8(12)11-3-2-7(4-9)5-11/h6-7H,2-5,10H2,1H3/t6-,7-/m0/s1. The third kappa shape index (κ3) is 1.94. The van der Waals surface area contributed by atoms with Gasteiger partial charge in [0.2, 0.25) is 5.91 Å². The maximum Gasteiger partial charge on any atom is 0.239 e. The van der Waals surface area contributed by atoms with E-state index in [0.29, 0.717) is 13.1 Å². The van der Waals surface area contributed by atoms with Gasteiger partial charge in [0.1, 0.15) is 0 Å². The van der Waals surface area contributed by atoms with E-state index in [9.17, 15) is 9.18 Å². The van der Waals surface area contributed by atoms with E-state index >= 15 is 0 Å². The smallest absolute Gasteiger partial charge is 0.239 e. The highest BCUT2D eigenvalue weighted by molar-refractivity contribution is 5.81. The van der Waals surface area contributed by atoms with Crippen LogP contribution in [0.15, 0.2) is 0 Å². The summed E-state index contributed by atoms with van der Waals surface area (Å²) in [4.78, 5) is 12.9. The molecule has 1 aliphatic rings. The van der Waals surface area contributed by atoms with Crippen molar-refractivity contribution in [2.45, 2.75) is 19.4 Å². The number of hydrogen-bond acceptors (Lipinski definition) is 2. The number of halogens is 1. The van der Waals surface area contributed by atoms with Gasteiger partial charge in [0.15, 0.2) is 0 Å². The van der Waals surface area contributed by atoms with Gasteiger partial charge in [-0.1, -0.05) is 0 Å². The molecule has 0 saturated carbocycles. The molecule has 1 rings (SSSR count). The molecule has 1 heterocycles. The van der Waals surface area contributed by atoms with Crippen molar-refractivity contribution in [1.29, 1.82) is 0 Å². The first-order valence-corrected chi connectivity index (χ1v) is 4.25. The van der Waals surface area contributed by atoms with Crippen molar-refractivity contribution in [3.05, 3.63) is 0 Å². The van der Waals surface area contributed by atoms with E-state index < -0.39 is 6.04 Å². The minimum absolute atomic E-state index is 0.0349. The van der Waals surface area contributed by atoms with E-state index in [2.05, 4.69) is 0 Å². The maximum absolute atomic E-state index is 12.2. The number of nitrogens with zero attached hydrogens (tertiary/aromatic N) is 1. The van der Waals surface area contributed by atoms with Gasteiger partial charge in [-0.05, 0) is 13.3 Å². The summed E-state index contributed by atoms with van der Waals surface area (Å²) in [6, 6.07) is -0.455. The Morgan fingerprint density at radius 2 is 2.50 bits per heavy atom. The molecule has 2 atom stereocenters. The van der Waals surface area contributed by atoms with Crippen LogP contribution in [0.2, 0.25) is 0 Å². The molecule has 1 amide bonds. The number of carbonyl (C=O) groups excluding carboxylic acids is 1. The highest BCUT2D eigenvalue weighted by Crippen LogP contribution is 2.16. The van der Waals surface area contributed by atoms with E-state index in [1.807, 2.05) is 0 Å². The van der Waals surface area contributed by atoms with Crippen molar-refractivity contribution in [2.75, 3.05) is 19.8 Å². The molecule has 2 N–H and O–H groups in total. The molecule has 1 aliphatic heterocycles. The van der Waals surface area contributed by atoms with Gasteiger partial charge in [0, 0.05) is 19.0 Å². The highest BCUT2D eigenvalue weighted by atomic mass is 19.1. The lowest BCUT2D eigenvalue weighted by molar-refractivity contribution is -0.131. The maximum atomic E-state index is 12.2. The Balaban J connectivity index is 2.41. The SMILES string of the molecule is C[C@H](N)C(=O)N1CC[C@@H](CF)C1. The predicted molar refractivity (Wildman–Crippen MR) is 44.3 cm³/mol. The second-order valence-corrected chi connectivity index (χ2v) is 3.38. The summed E-state index contributed by atoms with van der Waals surface area (Å²) in [7, 11) is 0. The summed E-state index contributed by atoms with van der Waals surface area (Å²) in [5.74, 6) is -0.0290. The van der Waals surface area contributed by atoms with Crippen LogP contribution in [0.25, 0.3) is 0 Å². The Hall–Kier alpha value is -0.640. The van der Waals surface area contributed by atoms with Crippen LogP contribution in [0.5, 0.6) is 0 Å². The molecular formula is C8H15FN2O. The summed E-state index contributed by atoms with van der Waals surface area (Å²) in [6.07, 6.45) is 0.773. The van der Waals surface area contributed by atoms with Crippen molar-refractivity contribution in [1.82, 2.24) is 4.90 Å². The molecule has 12 heavy (non-hydrogen) atoms. The molecule has 0 aromatic heterocycles. The average Bonchev–Trinajstić information content (AvgIpc) is 2.50. The van der Waals surface area contributed by atoms with E-state index in [1.165, 1.54) is 0 Å². The van der Waals surface area contributed by atoms with Crippen LogP contribution in [0.4, 0.5) is 4.39 Å². The molecular weight excluding hydrogens is 159 g/mol. The number of likely N-dealkylation sites (tertiary alicyclic amines) is 1. The molecule has 0 aromatic carbocycles. The Morgan fingerprint density at radius 1 is 1.83 bits per heavy atom. The molecule has 1 saturated heterocycles. The minimum Gasteiger partial charge on any atom is -0.341 e. The van der Waals surface area contributed by atoms with Gasteiger partial charge >= 0.3 is 0 Å². The number of carbonyl (C=O) groups is 1. The molecule has 0 unspecified atom stereocenters. The van der Waals surface area contributed by atoms with Crippen molar-refractivity contribution in [3.8, 4) is 0 Å². The Labute approximate surface area is 71.7 Å². The molecule has 0 spiro atoms. The molecule has 0 aromatic rings. The van der Waals surface area contributed by atoms with Crippen LogP contribution >= 0.6 is 0 Å². The topological polar surface area (TPSA) is 46.3 Å². The van der Waals surface area contributed by atoms with Crippen molar-refractivity contribution >= 4 is 5.91 Å². The first-order valence-electron chi connectivity index (χ1n) is 4.25. The van der Waals surface area contributed by atoms with Crippen molar-refractivity contribution < 1.29 is 9.18 Å². The van der Waals surface area contributed by atoms with Crippen LogP contribution in [0, 0.1) is 5.92 Å². The van der Waals surface area contributed by atoms with Crippen LogP contribution in [-0.2, 0) is 4.79 Å². The van der Waals surface area contributed by atoms with Gasteiger partial charge in [0.25, 0.3) is 0 Å². The monoisotopic (exact) mass is 174 g/mol. The van der Waals surface area contributed by atoms with Crippen molar-refractivity contribution in [3.63, 3.8) is 0 Å². The van der Waals surface area contributed by atoms with Crippen LogP contribution in [0.1, 0.15) is 13.3 Å². The molecule has 0 bridgehead atoms.